The Kier molecular flexibility index (Phi) is 7.87. The number of anilines is 1. The third-order valence-electron chi connectivity index (χ3n) is 5.22. The highest BCUT2D eigenvalue weighted by molar-refractivity contribution is 5.97. The quantitative estimate of drug-likeness (QED) is 0.637. The molecule has 0 fully saturated rings. The van der Waals surface area contributed by atoms with Crippen molar-refractivity contribution in [3.05, 3.63) is 59.7 Å². The highest BCUT2D eigenvalue weighted by Gasteiger charge is 2.34. The number of rotatable bonds is 8. The number of benzene rings is 2. The molecule has 2 aromatic rings. The van der Waals surface area contributed by atoms with E-state index in [1.165, 1.54) is 0 Å². The summed E-state index contributed by atoms with van der Waals surface area (Å²) in [5.41, 5.74) is 2.68. The maximum atomic E-state index is 13.2. The van der Waals surface area contributed by atoms with E-state index in [0.29, 0.717) is 30.8 Å². The molecule has 0 radical (unpaired) electrons. The Balaban J connectivity index is 1.73. The first kappa shape index (κ1) is 23.3. The zero-order valence-corrected chi connectivity index (χ0v) is 18.8. The van der Waals surface area contributed by atoms with E-state index in [1.807, 2.05) is 38.1 Å². The van der Waals surface area contributed by atoms with Crippen LogP contribution in [0, 0.1) is 5.92 Å². The minimum Gasteiger partial charge on any atom is -0.482 e. The van der Waals surface area contributed by atoms with Crippen molar-refractivity contribution in [1.82, 2.24) is 4.90 Å². The first-order chi connectivity index (χ1) is 15.4. The van der Waals surface area contributed by atoms with Crippen LogP contribution in [0.5, 0.6) is 5.75 Å². The van der Waals surface area contributed by atoms with Gasteiger partial charge >= 0.3 is 5.97 Å². The van der Waals surface area contributed by atoms with E-state index in [0.717, 1.165) is 11.1 Å². The summed E-state index contributed by atoms with van der Waals surface area (Å²) in [5.74, 6) is -0.0864. The first-order valence-electron chi connectivity index (χ1n) is 10.9. The molecule has 2 aromatic carbocycles. The summed E-state index contributed by atoms with van der Waals surface area (Å²) < 4.78 is 10.3. The zero-order valence-electron chi connectivity index (χ0n) is 18.8. The van der Waals surface area contributed by atoms with Crippen molar-refractivity contribution in [2.75, 3.05) is 18.5 Å². The van der Waals surface area contributed by atoms with Crippen molar-refractivity contribution < 1.29 is 23.9 Å². The lowest BCUT2D eigenvalue weighted by molar-refractivity contribution is -0.145. The van der Waals surface area contributed by atoms with E-state index in [2.05, 4.69) is 5.32 Å². The first-order valence-corrected chi connectivity index (χ1v) is 10.9. The third-order valence-corrected chi connectivity index (χ3v) is 5.22. The maximum absolute atomic E-state index is 13.2. The van der Waals surface area contributed by atoms with Crippen molar-refractivity contribution >= 4 is 23.5 Å². The Morgan fingerprint density at radius 1 is 1.09 bits per heavy atom. The summed E-state index contributed by atoms with van der Waals surface area (Å²) in [4.78, 5) is 39.3. The monoisotopic (exact) mass is 438 g/mol. The van der Waals surface area contributed by atoms with Crippen LogP contribution in [0.1, 0.15) is 38.3 Å². The smallest absolute Gasteiger partial charge is 0.344 e. The van der Waals surface area contributed by atoms with Crippen LogP contribution in [0.2, 0.25) is 0 Å². The van der Waals surface area contributed by atoms with Gasteiger partial charge in [0.2, 0.25) is 11.8 Å². The molecular formula is C25H30N2O5. The Morgan fingerprint density at radius 2 is 1.84 bits per heavy atom. The number of carbonyl (C=O) groups is 3. The molecule has 7 heteroatoms. The fraction of sp³-hybridized carbons (Fsp3) is 0.400. The average Bonchev–Trinajstić information content (AvgIpc) is 2.77. The summed E-state index contributed by atoms with van der Waals surface area (Å²) in [7, 11) is 0. The second-order valence-corrected chi connectivity index (χ2v) is 8.22. The van der Waals surface area contributed by atoms with Crippen molar-refractivity contribution in [1.29, 1.82) is 0 Å². The highest BCUT2D eigenvalue weighted by Crippen LogP contribution is 2.26. The van der Waals surface area contributed by atoms with Crippen LogP contribution in [-0.2, 0) is 32.1 Å². The van der Waals surface area contributed by atoms with Crippen molar-refractivity contribution in [3.63, 3.8) is 0 Å². The molecular weight excluding hydrogens is 408 g/mol. The molecule has 0 bridgehead atoms. The molecule has 0 aliphatic carbocycles. The molecule has 0 saturated heterocycles. The Labute approximate surface area is 188 Å². The zero-order chi connectivity index (χ0) is 23.1. The van der Waals surface area contributed by atoms with E-state index in [9.17, 15) is 14.4 Å². The fourth-order valence-electron chi connectivity index (χ4n) is 3.72. The standard InChI is InChI=1S/C25H30N2O5/c1-4-31-24(29)16-32-21-11-7-10-20(14-21)26-25(30)22-13-18-8-5-6-9-19(18)15-27(22)23(28)12-17(2)3/h5-11,14,17,22H,4,12-13,15-16H2,1-3H3,(H,26,30). The lowest BCUT2D eigenvalue weighted by Gasteiger charge is -2.36. The maximum Gasteiger partial charge on any atom is 0.344 e. The largest absolute Gasteiger partial charge is 0.482 e. The summed E-state index contributed by atoms with van der Waals surface area (Å²) in [6, 6.07) is 14.1. The van der Waals surface area contributed by atoms with E-state index >= 15 is 0 Å². The molecule has 0 spiro atoms. The number of ether oxygens (including phenoxy) is 2. The van der Waals surface area contributed by atoms with Gasteiger partial charge < -0.3 is 19.7 Å². The van der Waals surface area contributed by atoms with Gasteiger partial charge in [-0.25, -0.2) is 4.79 Å². The van der Waals surface area contributed by atoms with Crippen LogP contribution < -0.4 is 10.1 Å². The molecule has 3 rings (SSSR count). The minimum absolute atomic E-state index is 0.0267. The number of amides is 2. The fourth-order valence-corrected chi connectivity index (χ4v) is 3.72. The second-order valence-electron chi connectivity index (χ2n) is 8.22. The van der Waals surface area contributed by atoms with Crippen molar-refractivity contribution in [3.8, 4) is 5.75 Å². The molecule has 7 nitrogen and oxygen atoms in total. The van der Waals surface area contributed by atoms with Gasteiger partial charge in [-0.2, -0.15) is 0 Å². The predicted octanol–water partition coefficient (Wildman–Crippen LogP) is 3.57. The van der Waals surface area contributed by atoms with Crippen LogP contribution in [0.25, 0.3) is 0 Å². The number of fused-ring (bicyclic) bond motifs is 1. The van der Waals surface area contributed by atoms with Crippen LogP contribution >= 0.6 is 0 Å². The van der Waals surface area contributed by atoms with Gasteiger partial charge in [-0.1, -0.05) is 44.2 Å². The van der Waals surface area contributed by atoms with E-state index < -0.39 is 12.0 Å². The van der Waals surface area contributed by atoms with Crippen LogP contribution in [0.4, 0.5) is 5.69 Å². The van der Waals surface area contributed by atoms with Crippen molar-refractivity contribution in [2.45, 2.75) is 46.2 Å². The summed E-state index contributed by atoms with van der Waals surface area (Å²) in [6.45, 7) is 6.21. The summed E-state index contributed by atoms with van der Waals surface area (Å²) in [5, 5.41) is 2.90. The van der Waals surface area contributed by atoms with Crippen LogP contribution in [0.3, 0.4) is 0 Å². The van der Waals surface area contributed by atoms with Gasteiger partial charge in [-0.05, 0) is 36.1 Å². The van der Waals surface area contributed by atoms with Gasteiger partial charge in [-0.15, -0.1) is 0 Å². The molecule has 170 valence electrons. The Hall–Kier alpha value is -3.35. The number of hydrogen-bond donors (Lipinski definition) is 1. The molecule has 1 aliphatic rings. The van der Waals surface area contributed by atoms with Gasteiger partial charge in [0.15, 0.2) is 6.61 Å². The number of carbonyl (C=O) groups excluding carboxylic acids is 3. The molecule has 0 aromatic heterocycles. The summed E-state index contributed by atoms with van der Waals surface area (Å²) >= 11 is 0. The summed E-state index contributed by atoms with van der Waals surface area (Å²) in [6.07, 6.45) is 0.855. The molecule has 2 amide bonds. The van der Waals surface area contributed by atoms with Gasteiger partial charge in [0.1, 0.15) is 11.8 Å². The molecule has 32 heavy (non-hydrogen) atoms. The van der Waals surface area contributed by atoms with Crippen LogP contribution in [0.15, 0.2) is 48.5 Å². The molecule has 1 N–H and O–H groups in total. The third kappa shape index (κ3) is 6.09. The van der Waals surface area contributed by atoms with Gasteiger partial charge in [0, 0.05) is 31.1 Å². The lowest BCUT2D eigenvalue weighted by Crippen LogP contribution is -2.50. The van der Waals surface area contributed by atoms with E-state index in [4.69, 9.17) is 9.47 Å². The number of hydrogen-bond acceptors (Lipinski definition) is 5. The average molecular weight is 439 g/mol. The number of esters is 1. The Morgan fingerprint density at radius 3 is 2.56 bits per heavy atom. The van der Waals surface area contributed by atoms with Gasteiger partial charge in [0.05, 0.1) is 6.61 Å². The normalized spacial score (nSPS) is 15.1. The van der Waals surface area contributed by atoms with E-state index in [-0.39, 0.29) is 30.9 Å². The highest BCUT2D eigenvalue weighted by atomic mass is 16.6. The molecule has 1 atom stereocenters. The Bertz CT molecular complexity index is 972. The topological polar surface area (TPSA) is 84.9 Å². The predicted molar refractivity (Wildman–Crippen MR) is 121 cm³/mol. The molecule has 1 unspecified atom stereocenters. The molecule has 0 saturated carbocycles. The molecule has 1 aliphatic heterocycles. The van der Waals surface area contributed by atoms with Crippen LogP contribution in [-0.4, -0.2) is 41.9 Å². The molecule has 1 heterocycles. The van der Waals surface area contributed by atoms with Gasteiger partial charge in [0.25, 0.3) is 0 Å². The van der Waals surface area contributed by atoms with E-state index in [1.54, 1.807) is 36.1 Å². The van der Waals surface area contributed by atoms with Gasteiger partial charge in [-0.3, -0.25) is 9.59 Å². The van der Waals surface area contributed by atoms with Crippen molar-refractivity contribution in [2.24, 2.45) is 5.92 Å². The second kappa shape index (κ2) is 10.8. The minimum atomic E-state index is -0.597. The SMILES string of the molecule is CCOC(=O)COc1cccc(NC(=O)C2Cc3ccccc3CN2C(=O)CC(C)C)c1. The number of nitrogens with one attached hydrogen (secondary N) is 1. The number of nitrogens with zero attached hydrogens (tertiary/aromatic N) is 1. The lowest BCUT2D eigenvalue weighted by atomic mass is 9.92.